The zero-order valence-electron chi connectivity index (χ0n) is 7.65. The molecule has 0 saturated carbocycles. The van der Waals surface area contributed by atoms with E-state index in [1.807, 2.05) is 0 Å². The Labute approximate surface area is 74.3 Å². The van der Waals surface area contributed by atoms with E-state index in [1.165, 1.54) is 21.5 Å². The van der Waals surface area contributed by atoms with Crippen LogP contribution in [0.25, 0.3) is 0 Å². The molecule has 0 heterocycles. The first-order chi connectivity index (χ1) is 5.25. The van der Waals surface area contributed by atoms with Crippen LogP contribution < -0.4 is 5.19 Å². The van der Waals surface area contributed by atoms with Crippen LogP contribution in [-0.2, 0) is 0 Å². The molecule has 0 N–H and O–H groups in total. The lowest BCUT2D eigenvalue weighted by Crippen LogP contribution is -2.17. The molecule has 0 spiro atoms. The van der Waals surface area contributed by atoms with Gasteiger partial charge in [-0.15, -0.1) is 0 Å². The van der Waals surface area contributed by atoms with Gasteiger partial charge in [-0.05, 0) is 35.2 Å². The Morgan fingerprint density at radius 2 is 2.09 bits per heavy atom. The molecule has 0 fully saturated rings. The van der Waals surface area contributed by atoms with Crippen LogP contribution in [0.3, 0.4) is 0 Å². The molecule has 0 aromatic heterocycles. The Hall–Kier alpha value is -0.346. The first kappa shape index (κ1) is 8.75. The van der Waals surface area contributed by atoms with Gasteiger partial charge in [-0.25, -0.2) is 0 Å². The van der Waals surface area contributed by atoms with Gasteiger partial charge in [-0.3, -0.25) is 0 Å². The van der Waals surface area contributed by atoms with Crippen LogP contribution in [0.4, 0.5) is 0 Å². The van der Waals surface area contributed by atoms with Crippen LogP contribution in [0, 0.1) is 13.8 Å². The maximum atomic E-state index is 2.31. The van der Waals surface area contributed by atoms with E-state index < -0.39 is 0 Å². The molecule has 0 aliphatic heterocycles. The fourth-order valence-corrected chi connectivity index (χ4v) is 4.46. The minimum Gasteiger partial charge on any atom is -0.0710 e. The molecule has 0 atom stereocenters. The van der Waals surface area contributed by atoms with Crippen molar-refractivity contribution in [2.45, 2.75) is 19.5 Å². The van der Waals surface area contributed by atoms with Crippen LogP contribution in [0.5, 0.6) is 0 Å². The average molecular weight is 180 g/mol. The van der Waals surface area contributed by atoms with Crippen molar-refractivity contribution < 1.29 is 0 Å². The van der Waals surface area contributed by atoms with E-state index in [1.54, 1.807) is 10.8 Å². The van der Waals surface area contributed by atoms with E-state index in [0.717, 1.165) is 0 Å². The van der Waals surface area contributed by atoms with E-state index in [-0.39, 0.29) is 9.52 Å². The van der Waals surface area contributed by atoms with E-state index in [4.69, 9.17) is 0 Å². The summed E-state index contributed by atoms with van der Waals surface area (Å²) in [6, 6.07) is 6.72. The molecular weight excluding hydrogens is 164 g/mol. The maximum absolute atomic E-state index is 2.31. The monoisotopic (exact) mass is 180 g/mol. The summed E-state index contributed by atoms with van der Waals surface area (Å²) < 4.78 is 0. The lowest BCUT2D eigenvalue weighted by Gasteiger charge is -2.05. The van der Waals surface area contributed by atoms with Gasteiger partial charge in [-0.1, -0.05) is 29.1 Å². The summed E-state index contributed by atoms with van der Waals surface area (Å²) in [5.74, 6) is 0. The summed E-state index contributed by atoms with van der Waals surface area (Å²) in [5, 5.41) is 1.68. The fraction of sp³-hybridized carbons (Fsp3) is 0.333. The van der Waals surface area contributed by atoms with Crippen molar-refractivity contribution in [3.05, 3.63) is 29.3 Å². The Balaban J connectivity index is 2.96. The number of aryl methyl sites for hydroxylation is 1. The molecular formula is C9H16Si2. The van der Waals surface area contributed by atoms with Gasteiger partial charge in [0.25, 0.3) is 0 Å². The molecule has 2 heteroatoms. The van der Waals surface area contributed by atoms with Crippen molar-refractivity contribution in [2.24, 2.45) is 0 Å². The lowest BCUT2D eigenvalue weighted by atomic mass is 10.1. The quantitative estimate of drug-likeness (QED) is 0.555. The molecule has 0 amide bonds. The molecule has 0 bridgehead atoms. The number of rotatable bonds is 2. The molecule has 60 valence electrons. The molecule has 0 radical (unpaired) electrons. The second-order valence-corrected chi connectivity index (χ2v) is 8.37. The standard InChI is InChI=1S/C9H16Si2/c1-7-4-3-5-9(8(7)2)11-6-10/h3-5H,6,11H2,1-2,10H3. The van der Waals surface area contributed by atoms with Crippen LogP contribution in [0.2, 0.25) is 5.67 Å². The zero-order chi connectivity index (χ0) is 8.27. The lowest BCUT2D eigenvalue weighted by molar-refractivity contribution is 1.37. The third-order valence-corrected chi connectivity index (χ3v) is 5.54. The third kappa shape index (κ3) is 2.04. The Kier molecular flexibility index (Phi) is 3.08. The van der Waals surface area contributed by atoms with Crippen LogP contribution in [0.1, 0.15) is 11.1 Å². The summed E-state index contributed by atoms with van der Waals surface area (Å²) >= 11 is 0. The van der Waals surface area contributed by atoms with Crippen molar-refractivity contribution in [1.82, 2.24) is 0 Å². The van der Waals surface area contributed by atoms with Crippen molar-refractivity contribution in [2.75, 3.05) is 0 Å². The van der Waals surface area contributed by atoms with E-state index in [9.17, 15) is 0 Å². The van der Waals surface area contributed by atoms with Gasteiger partial charge in [0.2, 0.25) is 0 Å². The Morgan fingerprint density at radius 1 is 1.36 bits per heavy atom. The van der Waals surface area contributed by atoms with Gasteiger partial charge in [0, 0.05) is 0 Å². The topological polar surface area (TPSA) is 0 Å². The summed E-state index contributed by atoms with van der Waals surface area (Å²) in [6.07, 6.45) is 0. The molecule has 0 unspecified atom stereocenters. The minimum absolute atomic E-state index is 0.110. The molecule has 1 aromatic carbocycles. The summed E-state index contributed by atoms with van der Waals surface area (Å²) in [5.41, 5.74) is 4.53. The van der Waals surface area contributed by atoms with Crippen molar-refractivity contribution >= 4 is 24.9 Å². The highest BCUT2D eigenvalue weighted by molar-refractivity contribution is 6.60. The largest absolute Gasteiger partial charge is 0.0710 e. The highest BCUT2D eigenvalue weighted by atomic mass is 28.2. The van der Waals surface area contributed by atoms with E-state index >= 15 is 0 Å². The fourth-order valence-electron chi connectivity index (χ4n) is 1.35. The van der Waals surface area contributed by atoms with Gasteiger partial charge in [0.15, 0.2) is 0 Å². The predicted molar refractivity (Wildman–Crippen MR) is 58.8 cm³/mol. The molecule has 0 nitrogen and oxygen atoms in total. The number of benzene rings is 1. The van der Waals surface area contributed by atoms with Crippen LogP contribution in [-0.4, -0.2) is 19.8 Å². The molecule has 1 aromatic rings. The number of hydrogen-bond donors (Lipinski definition) is 0. The van der Waals surface area contributed by atoms with Crippen molar-refractivity contribution in [3.8, 4) is 0 Å². The normalized spacial score (nSPS) is 11.5. The van der Waals surface area contributed by atoms with Crippen LogP contribution in [0.15, 0.2) is 18.2 Å². The third-order valence-electron chi connectivity index (χ3n) is 2.24. The summed E-state index contributed by atoms with van der Waals surface area (Å²) in [4.78, 5) is 0. The first-order valence-corrected chi connectivity index (χ1v) is 7.43. The second-order valence-electron chi connectivity index (χ2n) is 3.11. The summed E-state index contributed by atoms with van der Waals surface area (Å²) in [7, 11) is 1.49. The minimum atomic E-state index is 0.110. The van der Waals surface area contributed by atoms with Gasteiger partial charge < -0.3 is 0 Å². The zero-order valence-corrected chi connectivity index (χ0v) is 11.1. The highest BCUT2D eigenvalue weighted by Gasteiger charge is 1.98. The average Bonchev–Trinajstić information content (AvgIpc) is 1.99. The van der Waals surface area contributed by atoms with Crippen molar-refractivity contribution in [1.29, 1.82) is 0 Å². The number of hydrogen-bond acceptors (Lipinski definition) is 0. The molecule has 1 rings (SSSR count). The van der Waals surface area contributed by atoms with E-state index in [0.29, 0.717) is 0 Å². The van der Waals surface area contributed by atoms with Crippen LogP contribution >= 0.6 is 0 Å². The van der Waals surface area contributed by atoms with Gasteiger partial charge in [-0.2, -0.15) is 0 Å². The van der Waals surface area contributed by atoms with Crippen molar-refractivity contribution in [3.63, 3.8) is 0 Å². The molecule has 0 aliphatic carbocycles. The molecule has 0 saturated heterocycles. The first-order valence-electron chi connectivity index (χ1n) is 4.30. The molecule has 11 heavy (non-hydrogen) atoms. The highest BCUT2D eigenvalue weighted by Crippen LogP contribution is 2.01. The smallest absolute Gasteiger partial charge is 0.0517 e. The van der Waals surface area contributed by atoms with E-state index in [2.05, 4.69) is 32.0 Å². The van der Waals surface area contributed by atoms with Gasteiger partial charge in [0.1, 0.15) is 0 Å². The second kappa shape index (κ2) is 3.88. The Morgan fingerprint density at radius 3 is 2.73 bits per heavy atom. The molecule has 0 aliphatic rings. The predicted octanol–water partition coefficient (Wildman–Crippen LogP) is -0.161. The maximum Gasteiger partial charge on any atom is 0.0517 e. The van der Waals surface area contributed by atoms with Gasteiger partial charge in [0.05, 0.1) is 9.52 Å². The SMILES string of the molecule is Cc1cccc([SiH2]C[SiH3])c1C. The van der Waals surface area contributed by atoms with Gasteiger partial charge >= 0.3 is 0 Å². The summed E-state index contributed by atoms with van der Waals surface area (Å²) in [6.45, 7) is 4.47. The Bertz CT molecular complexity index is 243.